The fourth-order valence-electron chi connectivity index (χ4n) is 1.36. The molecule has 0 saturated carbocycles. The van der Waals surface area contributed by atoms with E-state index in [-0.39, 0.29) is 11.9 Å². The van der Waals surface area contributed by atoms with Gasteiger partial charge in [0.15, 0.2) is 0 Å². The van der Waals surface area contributed by atoms with E-state index in [1.165, 1.54) is 0 Å². The quantitative estimate of drug-likeness (QED) is 0.334. The summed E-state index contributed by atoms with van der Waals surface area (Å²) in [5.41, 5.74) is 11.0. The van der Waals surface area contributed by atoms with Crippen molar-refractivity contribution in [2.45, 2.75) is 19.4 Å². The third-order valence-corrected chi connectivity index (χ3v) is 2.10. The molecule has 0 bridgehead atoms. The molecule has 0 aromatic heterocycles. The van der Waals surface area contributed by atoms with E-state index in [0.29, 0.717) is 18.8 Å². The molecule has 6 heteroatoms. The molecule has 1 atom stereocenters. The molecule has 1 heterocycles. The Balaban J connectivity index is 2.57. The van der Waals surface area contributed by atoms with Crippen molar-refractivity contribution in [3.05, 3.63) is 0 Å². The Labute approximate surface area is 82.6 Å². The predicted molar refractivity (Wildman–Crippen MR) is 55.0 cm³/mol. The van der Waals surface area contributed by atoms with Gasteiger partial charge in [-0.3, -0.25) is 4.79 Å². The van der Waals surface area contributed by atoms with Gasteiger partial charge in [0, 0.05) is 19.1 Å². The lowest BCUT2D eigenvalue weighted by atomic mass is 10.3. The van der Waals surface area contributed by atoms with Gasteiger partial charge in [-0.1, -0.05) is 0 Å². The minimum atomic E-state index is -0.122. The molecule has 1 unspecified atom stereocenters. The zero-order chi connectivity index (χ0) is 10.6. The van der Waals surface area contributed by atoms with Crippen LogP contribution in [0.1, 0.15) is 13.3 Å². The Morgan fingerprint density at radius 3 is 2.86 bits per heavy atom. The minimum absolute atomic E-state index is 0.0877. The molecule has 0 spiro atoms. The van der Waals surface area contributed by atoms with Crippen molar-refractivity contribution in [3.63, 3.8) is 0 Å². The minimum Gasteiger partial charge on any atom is -0.388 e. The molecule has 0 aromatic carbocycles. The average Bonchev–Trinajstić information content (AvgIpc) is 2.60. The molecule has 0 radical (unpaired) electrons. The highest BCUT2D eigenvalue weighted by Gasteiger charge is 2.24. The number of carbonyl (C=O) groups excluding carboxylic acids is 1. The van der Waals surface area contributed by atoms with E-state index >= 15 is 0 Å². The lowest BCUT2D eigenvalue weighted by Gasteiger charge is -2.14. The molecule has 1 aliphatic heterocycles. The first-order valence-electron chi connectivity index (χ1n) is 4.48. The monoisotopic (exact) mass is 197 g/mol. The molecular weight excluding hydrogens is 182 g/mol. The van der Waals surface area contributed by atoms with Gasteiger partial charge in [-0.15, -0.1) is 10.2 Å². The Morgan fingerprint density at radius 2 is 2.36 bits per heavy atom. The maximum atomic E-state index is 11.6. The van der Waals surface area contributed by atoms with Gasteiger partial charge in [0.05, 0.1) is 0 Å². The van der Waals surface area contributed by atoms with E-state index in [1.54, 1.807) is 11.8 Å². The smallest absolute Gasteiger partial charge is 0.269 e. The Kier molecular flexibility index (Phi) is 3.58. The van der Waals surface area contributed by atoms with Gasteiger partial charge in [0.1, 0.15) is 12.1 Å². The van der Waals surface area contributed by atoms with Crippen LogP contribution < -0.4 is 11.5 Å². The predicted octanol–water partition coefficient (Wildman–Crippen LogP) is -1.09. The van der Waals surface area contributed by atoms with Gasteiger partial charge in [-0.25, -0.2) is 0 Å². The standard InChI is InChI=1S/C8H15N5O/c1-6(12-11-5-9)8(14)13-3-2-7(10)4-13/h5,7H,2-4,10H2,1H3,(H2,9,11)/b12-6+. The van der Waals surface area contributed by atoms with E-state index < -0.39 is 0 Å². The molecule has 1 aliphatic rings. The molecular formula is C8H15N5O. The van der Waals surface area contributed by atoms with E-state index in [0.717, 1.165) is 12.8 Å². The van der Waals surface area contributed by atoms with Crippen LogP contribution in [-0.4, -0.2) is 42.0 Å². The van der Waals surface area contributed by atoms with Crippen LogP contribution in [0.3, 0.4) is 0 Å². The van der Waals surface area contributed by atoms with Crippen LogP contribution in [-0.2, 0) is 4.79 Å². The van der Waals surface area contributed by atoms with Crippen molar-refractivity contribution in [1.29, 1.82) is 0 Å². The van der Waals surface area contributed by atoms with Crippen molar-refractivity contribution >= 4 is 18.0 Å². The number of hydrogen-bond donors (Lipinski definition) is 2. The fraction of sp³-hybridized carbons (Fsp3) is 0.625. The maximum absolute atomic E-state index is 11.6. The van der Waals surface area contributed by atoms with Crippen molar-refractivity contribution in [1.82, 2.24) is 4.90 Å². The Hall–Kier alpha value is -1.43. The van der Waals surface area contributed by atoms with Gasteiger partial charge in [0.25, 0.3) is 5.91 Å². The van der Waals surface area contributed by atoms with Crippen LogP contribution in [0.5, 0.6) is 0 Å². The molecule has 1 rings (SSSR count). The number of rotatable bonds is 2. The van der Waals surface area contributed by atoms with E-state index in [9.17, 15) is 4.79 Å². The number of carbonyl (C=O) groups is 1. The summed E-state index contributed by atoms with van der Waals surface area (Å²) in [5.74, 6) is -0.122. The number of nitrogens with two attached hydrogens (primary N) is 2. The van der Waals surface area contributed by atoms with Crippen LogP contribution in [0.2, 0.25) is 0 Å². The topological polar surface area (TPSA) is 97.1 Å². The Bertz CT molecular complexity index is 273. The second kappa shape index (κ2) is 4.71. The first-order valence-corrected chi connectivity index (χ1v) is 4.48. The van der Waals surface area contributed by atoms with Gasteiger partial charge in [0.2, 0.25) is 0 Å². The van der Waals surface area contributed by atoms with Gasteiger partial charge in [-0.2, -0.15) is 0 Å². The highest BCUT2D eigenvalue weighted by atomic mass is 16.2. The van der Waals surface area contributed by atoms with Gasteiger partial charge >= 0.3 is 0 Å². The molecule has 6 nitrogen and oxygen atoms in total. The molecule has 4 N–H and O–H groups in total. The van der Waals surface area contributed by atoms with Crippen molar-refractivity contribution in [2.24, 2.45) is 21.7 Å². The summed E-state index contributed by atoms with van der Waals surface area (Å²) in [4.78, 5) is 13.3. The lowest BCUT2D eigenvalue weighted by molar-refractivity contribution is -0.123. The van der Waals surface area contributed by atoms with Crippen molar-refractivity contribution < 1.29 is 4.79 Å². The first-order chi connectivity index (χ1) is 6.65. The third-order valence-electron chi connectivity index (χ3n) is 2.10. The highest BCUT2D eigenvalue weighted by molar-refractivity contribution is 6.37. The van der Waals surface area contributed by atoms with Crippen LogP contribution in [0.25, 0.3) is 0 Å². The van der Waals surface area contributed by atoms with E-state index in [4.69, 9.17) is 11.5 Å². The number of likely N-dealkylation sites (tertiary alicyclic amines) is 1. The second-order valence-electron chi connectivity index (χ2n) is 3.25. The summed E-state index contributed by atoms with van der Waals surface area (Å²) in [6.07, 6.45) is 1.89. The summed E-state index contributed by atoms with van der Waals surface area (Å²) >= 11 is 0. The number of nitrogens with zero attached hydrogens (tertiary/aromatic N) is 3. The summed E-state index contributed by atoms with van der Waals surface area (Å²) < 4.78 is 0. The molecule has 1 saturated heterocycles. The van der Waals surface area contributed by atoms with Crippen molar-refractivity contribution in [2.75, 3.05) is 13.1 Å². The van der Waals surface area contributed by atoms with E-state index in [2.05, 4.69) is 10.2 Å². The largest absolute Gasteiger partial charge is 0.388 e. The molecule has 0 aliphatic carbocycles. The first kappa shape index (κ1) is 10.6. The summed E-state index contributed by atoms with van der Waals surface area (Å²) in [7, 11) is 0. The lowest BCUT2D eigenvalue weighted by Crippen LogP contribution is -2.35. The molecule has 78 valence electrons. The van der Waals surface area contributed by atoms with Crippen LogP contribution in [0, 0.1) is 0 Å². The molecule has 1 amide bonds. The maximum Gasteiger partial charge on any atom is 0.269 e. The second-order valence-corrected chi connectivity index (χ2v) is 3.25. The zero-order valence-corrected chi connectivity index (χ0v) is 8.18. The summed E-state index contributed by atoms with van der Waals surface area (Å²) in [5, 5.41) is 7.09. The summed E-state index contributed by atoms with van der Waals surface area (Å²) in [6.45, 7) is 2.90. The number of hydrogen-bond acceptors (Lipinski definition) is 4. The average molecular weight is 197 g/mol. The van der Waals surface area contributed by atoms with E-state index in [1.807, 2.05) is 0 Å². The number of amides is 1. The van der Waals surface area contributed by atoms with Crippen molar-refractivity contribution in [3.8, 4) is 0 Å². The van der Waals surface area contributed by atoms with Crippen LogP contribution in [0.4, 0.5) is 0 Å². The highest BCUT2D eigenvalue weighted by Crippen LogP contribution is 2.07. The normalized spacial score (nSPS) is 23.4. The zero-order valence-electron chi connectivity index (χ0n) is 8.18. The molecule has 14 heavy (non-hydrogen) atoms. The third kappa shape index (κ3) is 2.53. The van der Waals surface area contributed by atoms with Crippen LogP contribution in [0.15, 0.2) is 10.2 Å². The summed E-state index contributed by atoms with van der Waals surface area (Å²) in [6, 6.07) is 0.0877. The fourth-order valence-corrected chi connectivity index (χ4v) is 1.36. The van der Waals surface area contributed by atoms with Gasteiger partial charge in [-0.05, 0) is 13.3 Å². The Morgan fingerprint density at radius 1 is 1.64 bits per heavy atom. The molecule has 1 fully saturated rings. The molecule has 0 aromatic rings. The SMILES string of the molecule is C/C(=N\N=C/N)C(=O)N1CCC(N)C1. The van der Waals surface area contributed by atoms with Gasteiger partial charge < -0.3 is 16.4 Å². The van der Waals surface area contributed by atoms with Crippen LogP contribution >= 0.6 is 0 Å².